The summed E-state index contributed by atoms with van der Waals surface area (Å²) >= 11 is 0. The molecule has 1 heterocycles. The summed E-state index contributed by atoms with van der Waals surface area (Å²) in [6.45, 7) is 9.74. The van der Waals surface area contributed by atoms with Gasteiger partial charge < -0.3 is 15.0 Å². The Morgan fingerprint density at radius 3 is 2.47 bits per heavy atom. The van der Waals surface area contributed by atoms with E-state index in [1.54, 1.807) is 0 Å². The molecule has 0 unspecified atom stereocenters. The molecular weight excluding hydrogens is 421 g/mol. The number of ether oxygens (including phenoxy) is 1. The molecule has 0 spiro atoms. The number of fused-ring (bicyclic) bond motifs is 2. The van der Waals surface area contributed by atoms with Gasteiger partial charge in [0, 0.05) is 12.5 Å². The van der Waals surface area contributed by atoms with E-state index >= 15 is 0 Å². The van der Waals surface area contributed by atoms with Crippen LogP contribution in [0.25, 0.3) is 32.9 Å². The van der Waals surface area contributed by atoms with E-state index in [2.05, 4.69) is 59.7 Å². The molecular formula is C28H32BN3O2. The molecule has 0 saturated heterocycles. The fraction of sp³-hybridized carbons (Fsp3) is 0.357. The third kappa shape index (κ3) is 5.80. The van der Waals surface area contributed by atoms with E-state index in [0.717, 1.165) is 51.7 Å². The van der Waals surface area contributed by atoms with Crippen LogP contribution in [-0.4, -0.2) is 35.6 Å². The molecule has 4 rings (SSSR count). The summed E-state index contributed by atoms with van der Waals surface area (Å²) in [5, 5.41) is 5.25. The predicted octanol–water partition coefficient (Wildman–Crippen LogP) is 5.66. The van der Waals surface area contributed by atoms with Crippen molar-refractivity contribution in [1.29, 1.82) is 0 Å². The zero-order chi connectivity index (χ0) is 24.5. The maximum absolute atomic E-state index is 12.0. The Labute approximate surface area is 202 Å². The molecule has 0 aliphatic heterocycles. The van der Waals surface area contributed by atoms with E-state index in [9.17, 15) is 4.79 Å². The summed E-state index contributed by atoms with van der Waals surface area (Å²) in [6, 6.07) is 18.7. The molecule has 1 aromatic heterocycles. The van der Waals surface area contributed by atoms with Gasteiger partial charge in [-0.1, -0.05) is 48.8 Å². The van der Waals surface area contributed by atoms with Gasteiger partial charge in [-0.25, -0.2) is 9.78 Å². The molecule has 34 heavy (non-hydrogen) atoms. The largest absolute Gasteiger partial charge is 0.444 e. The molecule has 4 aromatic rings. The van der Waals surface area contributed by atoms with Crippen LogP contribution in [0.3, 0.4) is 0 Å². The number of aryl methyl sites for hydroxylation is 1. The second-order valence-corrected chi connectivity index (χ2v) is 10.2. The van der Waals surface area contributed by atoms with Crippen LogP contribution in [0.15, 0.2) is 54.6 Å². The van der Waals surface area contributed by atoms with Gasteiger partial charge in [0.2, 0.25) is 0 Å². The minimum atomic E-state index is -0.499. The van der Waals surface area contributed by atoms with Crippen molar-refractivity contribution < 1.29 is 9.53 Å². The lowest BCUT2D eigenvalue weighted by atomic mass is 9.92. The number of nitrogens with zero attached hydrogens (tertiary/aromatic N) is 1. The minimum absolute atomic E-state index is 0.00841. The molecule has 3 aromatic carbocycles. The third-order valence-corrected chi connectivity index (χ3v) is 6.16. The number of aromatic amines is 1. The van der Waals surface area contributed by atoms with Crippen LogP contribution >= 0.6 is 0 Å². The van der Waals surface area contributed by atoms with Crippen LogP contribution in [0.4, 0.5) is 4.79 Å². The van der Waals surface area contributed by atoms with Crippen LogP contribution in [0.1, 0.15) is 46.9 Å². The monoisotopic (exact) mass is 453 g/mol. The zero-order valence-corrected chi connectivity index (χ0v) is 20.6. The van der Waals surface area contributed by atoms with Crippen LogP contribution in [0.2, 0.25) is 0 Å². The first-order chi connectivity index (χ1) is 16.1. The van der Waals surface area contributed by atoms with Crippen molar-refractivity contribution in [2.75, 3.05) is 0 Å². The van der Waals surface area contributed by atoms with Gasteiger partial charge in [0.25, 0.3) is 0 Å². The Kier molecular flexibility index (Phi) is 6.69. The topological polar surface area (TPSA) is 67.0 Å². The normalized spacial score (nSPS) is 13.7. The van der Waals surface area contributed by atoms with E-state index in [0.29, 0.717) is 0 Å². The van der Waals surface area contributed by atoms with Crippen molar-refractivity contribution in [3.8, 4) is 11.1 Å². The van der Waals surface area contributed by atoms with Gasteiger partial charge in [-0.05, 0) is 80.1 Å². The Morgan fingerprint density at radius 2 is 1.71 bits per heavy atom. The summed E-state index contributed by atoms with van der Waals surface area (Å²) in [4.78, 5) is 20.3. The van der Waals surface area contributed by atoms with Gasteiger partial charge in [-0.3, -0.25) is 0 Å². The van der Waals surface area contributed by atoms with Crippen molar-refractivity contribution in [2.45, 2.75) is 59.1 Å². The van der Waals surface area contributed by atoms with Gasteiger partial charge in [0.15, 0.2) is 0 Å². The summed E-state index contributed by atoms with van der Waals surface area (Å²) in [5.41, 5.74) is 4.56. The number of imidazole rings is 1. The Bertz CT molecular complexity index is 1320. The summed E-state index contributed by atoms with van der Waals surface area (Å²) < 4.78 is 5.36. The lowest BCUT2D eigenvalue weighted by Gasteiger charge is -2.24. The van der Waals surface area contributed by atoms with E-state index in [-0.39, 0.29) is 18.1 Å². The third-order valence-electron chi connectivity index (χ3n) is 6.16. The number of rotatable bonds is 6. The van der Waals surface area contributed by atoms with E-state index < -0.39 is 5.60 Å². The first-order valence-corrected chi connectivity index (χ1v) is 11.9. The quantitative estimate of drug-likeness (QED) is 0.371. The minimum Gasteiger partial charge on any atom is -0.444 e. The number of benzene rings is 3. The van der Waals surface area contributed by atoms with Crippen molar-refractivity contribution in [2.24, 2.45) is 5.92 Å². The highest BCUT2D eigenvalue weighted by Crippen LogP contribution is 2.27. The molecule has 0 fully saturated rings. The molecule has 0 bridgehead atoms. The Morgan fingerprint density at radius 1 is 1.03 bits per heavy atom. The van der Waals surface area contributed by atoms with Crippen LogP contribution in [0.5, 0.6) is 0 Å². The van der Waals surface area contributed by atoms with Gasteiger partial charge in [-0.15, -0.1) is 0 Å². The second kappa shape index (κ2) is 9.53. The maximum atomic E-state index is 12.0. The highest BCUT2D eigenvalue weighted by atomic mass is 16.6. The van der Waals surface area contributed by atoms with E-state index in [4.69, 9.17) is 17.6 Å². The Balaban J connectivity index is 1.42. The molecule has 2 N–H and O–H groups in total. The van der Waals surface area contributed by atoms with Gasteiger partial charge in [0.1, 0.15) is 19.3 Å². The van der Waals surface area contributed by atoms with Crippen molar-refractivity contribution in [1.82, 2.24) is 15.3 Å². The number of amides is 1. The first-order valence-electron chi connectivity index (χ1n) is 11.9. The van der Waals surface area contributed by atoms with Crippen LogP contribution < -0.4 is 10.8 Å². The van der Waals surface area contributed by atoms with Crippen molar-refractivity contribution in [3.05, 3.63) is 60.4 Å². The molecule has 2 radical (unpaired) electrons. The SMILES string of the molecule is [B]c1ccc2cc(-c3ccc4nc(CC[C@@H](C)[C@@H](C)NC(=O)OC(C)(C)C)[nH]c4c3)ccc2c1. The smallest absolute Gasteiger partial charge is 0.407 e. The van der Waals surface area contributed by atoms with Crippen LogP contribution in [-0.2, 0) is 11.2 Å². The molecule has 2 atom stereocenters. The zero-order valence-electron chi connectivity index (χ0n) is 20.6. The number of alkyl carbamates (subject to hydrolysis) is 1. The molecule has 0 aliphatic carbocycles. The summed E-state index contributed by atoms with van der Waals surface area (Å²) in [5.74, 6) is 1.24. The number of carbonyl (C=O) groups is 1. The first kappa shape index (κ1) is 23.9. The number of aromatic nitrogens is 2. The lowest BCUT2D eigenvalue weighted by Crippen LogP contribution is -2.40. The second-order valence-electron chi connectivity index (χ2n) is 10.2. The Hall–Kier alpha value is -3.28. The highest BCUT2D eigenvalue weighted by molar-refractivity contribution is 6.33. The average molecular weight is 453 g/mol. The number of nitrogens with one attached hydrogen (secondary N) is 2. The number of hydrogen-bond donors (Lipinski definition) is 2. The summed E-state index contributed by atoms with van der Waals surface area (Å²) in [7, 11) is 5.91. The standard InChI is InChI=1S/C28H32BN3O2/c1-17(18(2)30-27(33)34-28(3,4)5)6-13-26-31-24-12-10-22(16-25(24)32-26)19-7-8-21-15-23(29)11-9-20(21)14-19/h7-12,14-18H,6,13H2,1-5H3,(H,30,33)(H,31,32)/t17-,18-/m1/s1. The molecule has 6 heteroatoms. The van der Waals surface area contributed by atoms with Gasteiger partial charge in [0.05, 0.1) is 11.0 Å². The molecule has 1 amide bonds. The summed E-state index contributed by atoms with van der Waals surface area (Å²) in [6.07, 6.45) is 1.33. The maximum Gasteiger partial charge on any atom is 0.407 e. The van der Waals surface area contributed by atoms with Crippen molar-refractivity contribution in [3.63, 3.8) is 0 Å². The molecule has 174 valence electrons. The van der Waals surface area contributed by atoms with Gasteiger partial charge >= 0.3 is 6.09 Å². The highest BCUT2D eigenvalue weighted by Gasteiger charge is 2.20. The van der Waals surface area contributed by atoms with Crippen LogP contribution in [0, 0.1) is 5.92 Å². The average Bonchev–Trinajstić information content (AvgIpc) is 3.17. The lowest BCUT2D eigenvalue weighted by molar-refractivity contribution is 0.0493. The van der Waals surface area contributed by atoms with Crippen molar-refractivity contribution >= 4 is 41.2 Å². The van der Waals surface area contributed by atoms with E-state index in [1.165, 1.54) is 5.39 Å². The fourth-order valence-corrected chi connectivity index (χ4v) is 4.05. The fourth-order valence-electron chi connectivity index (χ4n) is 4.05. The van der Waals surface area contributed by atoms with Gasteiger partial charge in [-0.2, -0.15) is 0 Å². The number of carbonyl (C=O) groups excluding carboxylic acids is 1. The predicted molar refractivity (Wildman–Crippen MR) is 141 cm³/mol. The van der Waals surface area contributed by atoms with E-state index in [1.807, 2.05) is 39.8 Å². The molecule has 0 aliphatic rings. The number of H-pyrrole nitrogens is 1. The molecule has 0 saturated carbocycles. The number of hydrogen-bond acceptors (Lipinski definition) is 3. The molecule has 5 nitrogen and oxygen atoms in total.